The number of aryl methyl sites for hydroxylation is 2. The van der Waals surface area contributed by atoms with Crippen molar-refractivity contribution < 1.29 is 18.0 Å². The number of nitrogens with zero attached hydrogens (tertiary/aromatic N) is 2. The molecule has 26 heavy (non-hydrogen) atoms. The zero-order chi connectivity index (χ0) is 18.9. The van der Waals surface area contributed by atoms with E-state index >= 15 is 0 Å². The van der Waals surface area contributed by atoms with Crippen molar-refractivity contribution in [2.75, 3.05) is 5.32 Å². The summed E-state index contributed by atoms with van der Waals surface area (Å²) in [6, 6.07) is 10.2. The second-order valence-corrected chi connectivity index (χ2v) is 5.95. The third-order valence-corrected chi connectivity index (χ3v) is 3.96. The predicted octanol–water partition coefficient (Wildman–Crippen LogP) is 4.76. The Morgan fingerprint density at radius 2 is 1.88 bits per heavy atom. The highest BCUT2D eigenvalue weighted by Gasteiger charge is 2.31. The van der Waals surface area contributed by atoms with Gasteiger partial charge in [0.25, 0.3) is 5.91 Å². The zero-order valence-corrected chi connectivity index (χ0v) is 14.1. The van der Waals surface area contributed by atoms with Gasteiger partial charge in [-0.1, -0.05) is 17.7 Å². The Kier molecular flexibility index (Phi) is 4.54. The van der Waals surface area contributed by atoms with Crippen molar-refractivity contribution in [2.24, 2.45) is 0 Å². The topological polar surface area (TPSA) is 46.9 Å². The number of amides is 1. The average Bonchev–Trinajstić information content (AvgIpc) is 3.10. The number of anilines is 1. The van der Waals surface area contributed by atoms with Gasteiger partial charge in [-0.3, -0.25) is 4.79 Å². The molecule has 134 valence electrons. The molecule has 0 aliphatic carbocycles. The van der Waals surface area contributed by atoms with Crippen LogP contribution in [-0.4, -0.2) is 15.7 Å². The van der Waals surface area contributed by atoms with Gasteiger partial charge in [-0.25, -0.2) is 4.68 Å². The number of nitrogens with one attached hydrogen (secondary N) is 1. The van der Waals surface area contributed by atoms with E-state index in [1.165, 1.54) is 16.9 Å². The summed E-state index contributed by atoms with van der Waals surface area (Å²) < 4.78 is 40.7. The van der Waals surface area contributed by atoms with Gasteiger partial charge in [0.05, 0.1) is 16.9 Å². The van der Waals surface area contributed by atoms with Crippen LogP contribution in [0.3, 0.4) is 0 Å². The molecule has 0 atom stereocenters. The number of halogens is 3. The number of alkyl halides is 3. The fourth-order valence-corrected chi connectivity index (χ4v) is 2.59. The number of carbonyl (C=O) groups excluding carboxylic acids is 1. The fraction of sp³-hybridized carbons (Fsp3) is 0.158. The van der Waals surface area contributed by atoms with Crippen molar-refractivity contribution >= 4 is 11.6 Å². The standard InChI is InChI=1S/C19H16F3N3O/c1-12-4-5-13(2)15(10-12)18(26)24-16-11-14(19(20,21)22)6-7-17(16)25-9-3-8-23-25/h3-11H,1-2H3,(H,24,26). The van der Waals surface area contributed by atoms with E-state index in [9.17, 15) is 18.0 Å². The number of aromatic nitrogens is 2. The Hall–Kier alpha value is -3.09. The highest BCUT2D eigenvalue weighted by molar-refractivity contribution is 6.06. The minimum Gasteiger partial charge on any atom is -0.320 e. The normalized spacial score (nSPS) is 11.4. The minimum absolute atomic E-state index is 0.0365. The summed E-state index contributed by atoms with van der Waals surface area (Å²) >= 11 is 0. The molecule has 3 rings (SSSR count). The van der Waals surface area contributed by atoms with E-state index in [-0.39, 0.29) is 5.69 Å². The van der Waals surface area contributed by atoms with Gasteiger partial charge in [0.1, 0.15) is 0 Å². The summed E-state index contributed by atoms with van der Waals surface area (Å²) in [6.07, 6.45) is -1.41. The molecule has 1 amide bonds. The van der Waals surface area contributed by atoms with Crippen LogP contribution in [0.2, 0.25) is 0 Å². The van der Waals surface area contributed by atoms with Gasteiger partial charge < -0.3 is 5.32 Å². The van der Waals surface area contributed by atoms with Crippen LogP contribution in [0.25, 0.3) is 5.69 Å². The maximum absolute atomic E-state index is 13.1. The Balaban J connectivity index is 2.04. The maximum atomic E-state index is 13.1. The molecule has 1 aromatic heterocycles. The van der Waals surface area contributed by atoms with E-state index in [0.717, 1.165) is 23.3 Å². The molecule has 4 nitrogen and oxygen atoms in total. The van der Waals surface area contributed by atoms with Gasteiger partial charge in [0, 0.05) is 18.0 Å². The van der Waals surface area contributed by atoms with E-state index in [1.54, 1.807) is 31.3 Å². The molecule has 0 unspecified atom stereocenters. The van der Waals surface area contributed by atoms with Gasteiger partial charge in [0.15, 0.2) is 0 Å². The maximum Gasteiger partial charge on any atom is 0.416 e. The molecule has 0 saturated carbocycles. The van der Waals surface area contributed by atoms with Crippen molar-refractivity contribution in [3.8, 4) is 5.69 Å². The minimum atomic E-state index is -4.51. The lowest BCUT2D eigenvalue weighted by molar-refractivity contribution is -0.137. The second-order valence-electron chi connectivity index (χ2n) is 5.95. The lowest BCUT2D eigenvalue weighted by Gasteiger charge is -2.15. The lowest BCUT2D eigenvalue weighted by atomic mass is 10.0. The summed E-state index contributed by atoms with van der Waals surface area (Å²) in [7, 11) is 0. The third kappa shape index (κ3) is 3.61. The molecule has 0 fully saturated rings. The molecule has 0 saturated heterocycles. The fourth-order valence-electron chi connectivity index (χ4n) is 2.59. The monoisotopic (exact) mass is 359 g/mol. The van der Waals surface area contributed by atoms with Crippen LogP contribution in [0.5, 0.6) is 0 Å². The van der Waals surface area contributed by atoms with Gasteiger partial charge in [-0.15, -0.1) is 0 Å². The SMILES string of the molecule is Cc1ccc(C)c(C(=O)Nc2cc(C(F)(F)F)ccc2-n2cccn2)c1. The highest BCUT2D eigenvalue weighted by Crippen LogP contribution is 2.33. The molecule has 0 aliphatic rings. The van der Waals surface area contributed by atoms with Gasteiger partial charge >= 0.3 is 6.18 Å². The smallest absolute Gasteiger partial charge is 0.320 e. The molecule has 0 bridgehead atoms. The van der Waals surface area contributed by atoms with Gasteiger partial charge in [-0.05, 0) is 49.7 Å². The largest absolute Gasteiger partial charge is 0.416 e. The van der Waals surface area contributed by atoms with Crippen LogP contribution in [-0.2, 0) is 6.18 Å². The van der Waals surface area contributed by atoms with Crippen LogP contribution in [0.1, 0.15) is 27.0 Å². The second kappa shape index (κ2) is 6.67. The number of benzene rings is 2. The average molecular weight is 359 g/mol. The number of hydrogen-bond donors (Lipinski definition) is 1. The first-order valence-electron chi connectivity index (χ1n) is 7.85. The first-order valence-corrected chi connectivity index (χ1v) is 7.85. The molecule has 1 N–H and O–H groups in total. The van der Waals surface area contributed by atoms with Crippen LogP contribution in [0.15, 0.2) is 54.9 Å². The Morgan fingerprint density at radius 3 is 2.54 bits per heavy atom. The van der Waals surface area contributed by atoms with Crippen LogP contribution < -0.4 is 5.32 Å². The van der Waals surface area contributed by atoms with E-state index < -0.39 is 17.6 Å². The van der Waals surface area contributed by atoms with Crippen LogP contribution in [0.4, 0.5) is 18.9 Å². The molecule has 1 heterocycles. The Bertz CT molecular complexity index is 947. The van der Waals surface area contributed by atoms with E-state index in [4.69, 9.17) is 0 Å². The van der Waals surface area contributed by atoms with E-state index in [0.29, 0.717) is 11.3 Å². The predicted molar refractivity (Wildman–Crippen MR) is 92.4 cm³/mol. The van der Waals surface area contributed by atoms with Crippen molar-refractivity contribution in [1.29, 1.82) is 0 Å². The Morgan fingerprint density at radius 1 is 1.12 bits per heavy atom. The molecule has 3 aromatic rings. The number of rotatable bonds is 3. The lowest BCUT2D eigenvalue weighted by Crippen LogP contribution is -2.16. The molecule has 0 aliphatic heterocycles. The van der Waals surface area contributed by atoms with Crippen molar-refractivity contribution in [3.63, 3.8) is 0 Å². The van der Waals surface area contributed by atoms with E-state index in [2.05, 4.69) is 10.4 Å². The number of carbonyl (C=O) groups is 1. The first-order chi connectivity index (χ1) is 12.3. The molecule has 2 aromatic carbocycles. The van der Waals surface area contributed by atoms with Crippen molar-refractivity contribution in [2.45, 2.75) is 20.0 Å². The molecular weight excluding hydrogens is 343 g/mol. The van der Waals surface area contributed by atoms with Crippen LogP contribution in [0, 0.1) is 13.8 Å². The summed E-state index contributed by atoms with van der Waals surface area (Å²) in [4.78, 5) is 12.6. The van der Waals surface area contributed by atoms with Crippen LogP contribution >= 0.6 is 0 Å². The quantitative estimate of drug-likeness (QED) is 0.733. The molecule has 0 spiro atoms. The summed E-state index contributed by atoms with van der Waals surface area (Å²) in [5.74, 6) is -0.473. The summed E-state index contributed by atoms with van der Waals surface area (Å²) in [6.45, 7) is 3.62. The molecule has 0 radical (unpaired) electrons. The van der Waals surface area contributed by atoms with Gasteiger partial charge in [0.2, 0.25) is 0 Å². The molecule has 7 heteroatoms. The zero-order valence-electron chi connectivity index (χ0n) is 14.1. The Labute approximate surface area is 148 Å². The summed E-state index contributed by atoms with van der Waals surface area (Å²) in [5, 5.41) is 6.63. The first kappa shape index (κ1) is 17.7. The number of hydrogen-bond acceptors (Lipinski definition) is 2. The van der Waals surface area contributed by atoms with Crippen molar-refractivity contribution in [3.05, 3.63) is 77.1 Å². The summed E-state index contributed by atoms with van der Waals surface area (Å²) in [5.41, 5.74) is 1.58. The van der Waals surface area contributed by atoms with E-state index in [1.807, 2.05) is 13.0 Å². The highest BCUT2D eigenvalue weighted by atomic mass is 19.4. The van der Waals surface area contributed by atoms with Gasteiger partial charge in [-0.2, -0.15) is 18.3 Å². The molecular formula is C19H16F3N3O. The third-order valence-electron chi connectivity index (χ3n) is 3.96. The van der Waals surface area contributed by atoms with Crippen molar-refractivity contribution in [1.82, 2.24) is 9.78 Å².